The molecule has 112 valence electrons. The number of amides is 1. The summed E-state index contributed by atoms with van der Waals surface area (Å²) in [4.78, 5) is 14.3. The molecule has 0 unspecified atom stereocenters. The second-order valence-corrected chi connectivity index (χ2v) is 5.47. The third kappa shape index (κ3) is 6.39. The van der Waals surface area contributed by atoms with Crippen LogP contribution in [0.2, 0.25) is 0 Å². The fraction of sp³-hybridized carbons (Fsp3) is 0.933. The van der Waals surface area contributed by atoms with E-state index in [-0.39, 0.29) is 18.6 Å². The molecular formula is C15H30N2O2. The van der Waals surface area contributed by atoms with E-state index in [1.165, 1.54) is 25.7 Å². The van der Waals surface area contributed by atoms with Crippen LogP contribution in [0, 0.1) is 0 Å². The molecule has 0 saturated carbocycles. The second kappa shape index (κ2) is 10.2. The molecule has 1 rings (SSSR count). The lowest BCUT2D eigenvalue weighted by molar-refractivity contribution is -0.133. The van der Waals surface area contributed by atoms with Crippen molar-refractivity contribution in [1.29, 1.82) is 0 Å². The molecule has 0 radical (unpaired) electrons. The Bertz CT molecular complexity index is 240. The van der Waals surface area contributed by atoms with Gasteiger partial charge >= 0.3 is 0 Å². The van der Waals surface area contributed by atoms with Gasteiger partial charge in [-0.2, -0.15) is 0 Å². The van der Waals surface area contributed by atoms with Crippen molar-refractivity contribution in [3.63, 3.8) is 0 Å². The molecule has 0 aliphatic carbocycles. The first kappa shape index (κ1) is 16.4. The molecule has 0 spiro atoms. The first-order chi connectivity index (χ1) is 9.29. The van der Waals surface area contributed by atoms with Crippen molar-refractivity contribution in [1.82, 2.24) is 10.2 Å². The van der Waals surface area contributed by atoms with E-state index in [0.29, 0.717) is 13.0 Å². The number of nitrogens with one attached hydrogen (secondary N) is 1. The zero-order chi connectivity index (χ0) is 13.9. The van der Waals surface area contributed by atoms with Crippen LogP contribution in [0.1, 0.15) is 58.3 Å². The van der Waals surface area contributed by atoms with Crippen LogP contribution >= 0.6 is 0 Å². The fourth-order valence-electron chi connectivity index (χ4n) is 2.62. The number of unbranched alkanes of at least 4 members (excludes halogenated alkanes) is 4. The summed E-state index contributed by atoms with van der Waals surface area (Å²) in [6.07, 6.45) is 8.84. The van der Waals surface area contributed by atoms with Crippen molar-refractivity contribution >= 4 is 5.91 Å². The van der Waals surface area contributed by atoms with E-state index < -0.39 is 0 Å². The van der Waals surface area contributed by atoms with Gasteiger partial charge in [-0.05, 0) is 32.2 Å². The average Bonchev–Trinajstić information content (AvgIpc) is 2.95. The van der Waals surface area contributed by atoms with E-state index >= 15 is 0 Å². The maximum absolute atomic E-state index is 12.4. The van der Waals surface area contributed by atoms with Crippen molar-refractivity contribution in [2.24, 2.45) is 0 Å². The minimum atomic E-state index is 0.0225. The van der Waals surface area contributed by atoms with E-state index in [2.05, 4.69) is 12.2 Å². The van der Waals surface area contributed by atoms with E-state index in [9.17, 15) is 4.79 Å². The molecule has 19 heavy (non-hydrogen) atoms. The molecule has 1 amide bonds. The van der Waals surface area contributed by atoms with Gasteiger partial charge in [0.1, 0.15) is 0 Å². The van der Waals surface area contributed by atoms with Crippen LogP contribution in [0.3, 0.4) is 0 Å². The Labute approximate surface area is 117 Å². The van der Waals surface area contributed by atoms with Gasteiger partial charge in [-0.1, -0.05) is 32.6 Å². The van der Waals surface area contributed by atoms with Crippen LogP contribution in [0.15, 0.2) is 0 Å². The zero-order valence-electron chi connectivity index (χ0n) is 12.4. The summed E-state index contributed by atoms with van der Waals surface area (Å²) >= 11 is 0. The third-order valence-corrected chi connectivity index (χ3v) is 3.79. The van der Waals surface area contributed by atoms with Crippen LogP contribution in [0.5, 0.6) is 0 Å². The molecule has 0 aromatic heterocycles. The van der Waals surface area contributed by atoms with Gasteiger partial charge in [0.25, 0.3) is 0 Å². The predicted octanol–water partition coefficient (Wildman–Crippen LogP) is 1.92. The van der Waals surface area contributed by atoms with Gasteiger partial charge in [0.05, 0.1) is 6.04 Å². The Balaban J connectivity index is 2.30. The summed E-state index contributed by atoms with van der Waals surface area (Å²) in [7, 11) is 0. The number of hydrogen-bond donors (Lipinski definition) is 2. The SMILES string of the molecule is CCCCCCCN(CCCO)C(=O)[C@@H]1CCCN1. The number of nitrogens with zero attached hydrogens (tertiary/aromatic N) is 1. The summed E-state index contributed by atoms with van der Waals surface area (Å²) in [5, 5.41) is 12.2. The fourth-order valence-corrected chi connectivity index (χ4v) is 2.62. The molecule has 0 aromatic rings. The largest absolute Gasteiger partial charge is 0.396 e. The Morgan fingerprint density at radius 1 is 1.21 bits per heavy atom. The Morgan fingerprint density at radius 3 is 2.58 bits per heavy atom. The Morgan fingerprint density at radius 2 is 1.95 bits per heavy atom. The lowest BCUT2D eigenvalue weighted by Crippen LogP contribution is -2.44. The van der Waals surface area contributed by atoms with Gasteiger partial charge in [-0.25, -0.2) is 0 Å². The highest BCUT2D eigenvalue weighted by molar-refractivity contribution is 5.82. The third-order valence-electron chi connectivity index (χ3n) is 3.79. The van der Waals surface area contributed by atoms with Gasteiger partial charge in [0.2, 0.25) is 5.91 Å². The van der Waals surface area contributed by atoms with Crippen LogP contribution in [-0.2, 0) is 4.79 Å². The highest BCUT2D eigenvalue weighted by Gasteiger charge is 2.26. The number of carbonyl (C=O) groups excluding carboxylic acids is 1. The maximum atomic E-state index is 12.4. The lowest BCUT2D eigenvalue weighted by Gasteiger charge is -2.25. The molecule has 1 fully saturated rings. The molecule has 0 aromatic carbocycles. The zero-order valence-corrected chi connectivity index (χ0v) is 12.4. The van der Waals surface area contributed by atoms with Gasteiger partial charge < -0.3 is 15.3 Å². The summed E-state index contributed by atoms with van der Waals surface area (Å²) < 4.78 is 0. The summed E-state index contributed by atoms with van der Waals surface area (Å²) in [5.74, 6) is 0.237. The first-order valence-electron chi connectivity index (χ1n) is 7.92. The van der Waals surface area contributed by atoms with E-state index in [1.54, 1.807) is 0 Å². The normalized spacial score (nSPS) is 18.7. The van der Waals surface area contributed by atoms with Crippen LogP contribution in [0.4, 0.5) is 0 Å². The van der Waals surface area contributed by atoms with Gasteiger partial charge in [-0.15, -0.1) is 0 Å². The van der Waals surface area contributed by atoms with Crippen molar-refractivity contribution in [3.8, 4) is 0 Å². The van der Waals surface area contributed by atoms with Crippen molar-refractivity contribution < 1.29 is 9.90 Å². The van der Waals surface area contributed by atoms with E-state index in [0.717, 1.165) is 32.4 Å². The minimum absolute atomic E-state index is 0.0225. The number of hydrogen-bond acceptors (Lipinski definition) is 3. The molecule has 1 saturated heterocycles. The molecule has 1 atom stereocenters. The monoisotopic (exact) mass is 270 g/mol. The van der Waals surface area contributed by atoms with Crippen molar-refractivity contribution in [2.75, 3.05) is 26.2 Å². The van der Waals surface area contributed by atoms with Gasteiger partial charge in [0, 0.05) is 19.7 Å². The molecule has 4 nitrogen and oxygen atoms in total. The number of carbonyl (C=O) groups is 1. The average molecular weight is 270 g/mol. The Hall–Kier alpha value is -0.610. The quantitative estimate of drug-likeness (QED) is 0.596. The standard InChI is InChI=1S/C15H30N2O2/c1-2-3-4-5-6-11-17(12-8-13-18)15(19)14-9-7-10-16-14/h14,16,18H,2-13H2,1H3/t14-/m0/s1. The van der Waals surface area contributed by atoms with E-state index in [4.69, 9.17) is 5.11 Å². The highest BCUT2D eigenvalue weighted by atomic mass is 16.3. The molecular weight excluding hydrogens is 240 g/mol. The second-order valence-electron chi connectivity index (χ2n) is 5.47. The lowest BCUT2D eigenvalue weighted by atomic mass is 10.1. The van der Waals surface area contributed by atoms with Crippen LogP contribution < -0.4 is 5.32 Å². The molecule has 1 aliphatic rings. The Kier molecular flexibility index (Phi) is 8.84. The topological polar surface area (TPSA) is 52.6 Å². The smallest absolute Gasteiger partial charge is 0.239 e. The minimum Gasteiger partial charge on any atom is -0.396 e. The summed E-state index contributed by atoms with van der Waals surface area (Å²) in [5.41, 5.74) is 0. The summed E-state index contributed by atoms with van der Waals surface area (Å²) in [6, 6.07) is 0.0225. The molecule has 1 aliphatic heterocycles. The first-order valence-corrected chi connectivity index (χ1v) is 7.92. The number of aliphatic hydroxyl groups excluding tert-OH is 1. The predicted molar refractivity (Wildman–Crippen MR) is 78.1 cm³/mol. The van der Waals surface area contributed by atoms with Crippen LogP contribution in [0.25, 0.3) is 0 Å². The maximum Gasteiger partial charge on any atom is 0.239 e. The molecule has 1 heterocycles. The number of rotatable bonds is 10. The van der Waals surface area contributed by atoms with Crippen molar-refractivity contribution in [2.45, 2.75) is 64.3 Å². The molecule has 4 heteroatoms. The number of aliphatic hydroxyl groups is 1. The summed E-state index contributed by atoms with van der Waals surface area (Å²) in [6.45, 7) is 4.88. The van der Waals surface area contributed by atoms with Gasteiger partial charge in [0.15, 0.2) is 0 Å². The van der Waals surface area contributed by atoms with Gasteiger partial charge in [-0.3, -0.25) is 4.79 Å². The van der Waals surface area contributed by atoms with E-state index in [1.807, 2.05) is 4.90 Å². The molecule has 0 bridgehead atoms. The van der Waals surface area contributed by atoms with Crippen molar-refractivity contribution in [3.05, 3.63) is 0 Å². The highest BCUT2D eigenvalue weighted by Crippen LogP contribution is 2.11. The molecule has 2 N–H and O–H groups in total. The van der Waals surface area contributed by atoms with Crippen LogP contribution in [-0.4, -0.2) is 48.2 Å².